The highest BCUT2D eigenvalue weighted by molar-refractivity contribution is 5.99. The van der Waals surface area contributed by atoms with Gasteiger partial charge in [0.15, 0.2) is 0 Å². The van der Waals surface area contributed by atoms with Crippen molar-refractivity contribution in [3.8, 4) is 0 Å². The molecule has 0 spiro atoms. The number of carbonyl (C=O) groups excluding carboxylic acids is 2. The summed E-state index contributed by atoms with van der Waals surface area (Å²) in [5.41, 5.74) is 6.45. The highest BCUT2D eigenvalue weighted by Crippen LogP contribution is 2.13. The van der Waals surface area contributed by atoms with Crippen molar-refractivity contribution >= 4 is 17.5 Å². The van der Waals surface area contributed by atoms with Crippen molar-refractivity contribution in [2.45, 2.75) is 6.92 Å². The average molecular weight is 315 g/mol. The first-order chi connectivity index (χ1) is 10.9. The van der Waals surface area contributed by atoms with E-state index in [1.807, 2.05) is 25.1 Å². The van der Waals surface area contributed by atoms with Crippen LogP contribution in [0.15, 0.2) is 42.5 Å². The number of nitrogens with one attached hydrogen (secondary N) is 2. The lowest BCUT2D eigenvalue weighted by molar-refractivity contribution is 0.0846. The van der Waals surface area contributed by atoms with Gasteiger partial charge < -0.3 is 4.90 Å². The monoisotopic (exact) mass is 315 g/mol. The number of rotatable bonds is 3. The summed E-state index contributed by atoms with van der Waals surface area (Å²) in [6, 6.07) is 11.1. The van der Waals surface area contributed by atoms with Crippen LogP contribution in [-0.4, -0.2) is 25.9 Å². The van der Waals surface area contributed by atoms with E-state index in [-0.39, 0.29) is 5.56 Å². The van der Waals surface area contributed by atoms with E-state index in [0.29, 0.717) is 11.1 Å². The lowest BCUT2D eigenvalue weighted by Crippen LogP contribution is -2.41. The minimum absolute atomic E-state index is 0.135. The molecule has 5 nitrogen and oxygen atoms in total. The first-order valence-corrected chi connectivity index (χ1v) is 7.02. The summed E-state index contributed by atoms with van der Waals surface area (Å²) in [7, 11) is 3.73. The van der Waals surface area contributed by atoms with E-state index in [1.165, 1.54) is 12.1 Å². The topological polar surface area (TPSA) is 61.4 Å². The first-order valence-electron chi connectivity index (χ1n) is 7.02. The van der Waals surface area contributed by atoms with Gasteiger partial charge in [0.2, 0.25) is 0 Å². The van der Waals surface area contributed by atoms with Crippen molar-refractivity contribution in [1.82, 2.24) is 10.9 Å². The molecule has 0 saturated carbocycles. The van der Waals surface area contributed by atoms with Crippen LogP contribution in [0, 0.1) is 12.7 Å². The molecule has 0 aliphatic heterocycles. The fourth-order valence-electron chi connectivity index (χ4n) is 1.92. The van der Waals surface area contributed by atoms with E-state index in [2.05, 4.69) is 10.9 Å². The maximum Gasteiger partial charge on any atom is 0.269 e. The largest absolute Gasteiger partial charge is 0.378 e. The molecule has 0 aliphatic carbocycles. The second kappa shape index (κ2) is 6.91. The third-order valence-corrected chi connectivity index (χ3v) is 3.35. The van der Waals surface area contributed by atoms with E-state index in [0.717, 1.165) is 11.8 Å². The molecule has 0 bridgehead atoms. The van der Waals surface area contributed by atoms with Gasteiger partial charge in [-0.3, -0.25) is 20.4 Å². The second-order valence-electron chi connectivity index (χ2n) is 5.32. The van der Waals surface area contributed by atoms with Gasteiger partial charge in [0.25, 0.3) is 11.8 Å². The summed E-state index contributed by atoms with van der Waals surface area (Å²) in [6.07, 6.45) is 0. The fraction of sp³-hybridized carbons (Fsp3) is 0.176. The number of benzene rings is 2. The zero-order chi connectivity index (χ0) is 17.0. The SMILES string of the molecule is Cc1ccc(C(=O)NNC(=O)c2cccc(N(C)C)c2)cc1F. The van der Waals surface area contributed by atoms with Crippen LogP contribution in [-0.2, 0) is 0 Å². The maximum absolute atomic E-state index is 13.5. The number of hydrazine groups is 1. The van der Waals surface area contributed by atoms with Crippen LogP contribution >= 0.6 is 0 Å². The van der Waals surface area contributed by atoms with Gasteiger partial charge in [-0.1, -0.05) is 12.1 Å². The molecule has 6 heteroatoms. The van der Waals surface area contributed by atoms with Gasteiger partial charge in [-0.15, -0.1) is 0 Å². The van der Waals surface area contributed by atoms with Gasteiger partial charge in [-0.25, -0.2) is 4.39 Å². The van der Waals surface area contributed by atoms with Crippen molar-refractivity contribution in [3.63, 3.8) is 0 Å². The number of hydrogen-bond donors (Lipinski definition) is 2. The Hall–Kier alpha value is -2.89. The van der Waals surface area contributed by atoms with Gasteiger partial charge in [0.05, 0.1) is 0 Å². The predicted octanol–water partition coefficient (Wildman–Crippen LogP) is 2.27. The summed E-state index contributed by atoms with van der Waals surface area (Å²) in [4.78, 5) is 25.8. The molecule has 2 rings (SSSR count). The maximum atomic E-state index is 13.5. The van der Waals surface area contributed by atoms with Crippen molar-refractivity contribution in [1.29, 1.82) is 0 Å². The number of carbonyl (C=O) groups is 2. The van der Waals surface area contributed by atoms with Crippen molar-refractivity contribution in [2.24, 2.45) is 0 Å². The molecule has 2 N–H and O–H groups in total. The summed E-state index contributed by atoms with van der Waals surface area (Å²) in [5.74, 6) is -1.50. The van der Waals surface area contributed by atoms with Crippen LogP contribution in [0.5, 0.6) is 0 Å². The van der Waals surface area contributed by atoms with Gasteiger partial charge in [0, 0.05) is 30.9 Å². The number of aryl methyl sites for hydroxylation is 1. The number of nitrogens with zero attached hydrogens (tertiary/aromatic N) is 1. The van der Waals surface area contributed by atoms with E-state index in [9.17, 15) is 14.0 Å². The van der Waals surface area contributed by atoms with Crippen molar-refractivity contribution in [3.05, 3.63) is 65.0 Å². The molecule has 0 atom stereocenters. The molecule has 0 saturated heterocycles. The average Bonchev–Trinajstić information content (AvgIpc) is 2.54. The quantitative estimate of drug-likeness (QED) is 0.854. The Balaban J connectivity index is 2.02. The molecule has 2 aromatic rings. The minimum Gasteiger partial charge on any atom is -0.378 e. The molecule has 0 fully saturated rings. The van der Waals surface area contributed by atoms with Crippen LogP contribution in [0.3, 0.4) is 0 Å². The third kappa shape index (κ3) is 4.06. The van der Waals surface area contributed by atoms with E-state index in [1.54, 1.807) is 25.1 Å². The fourth-order valence-corrected chi connectivity index (χ4v) is 1.92. The van der Waals surface area contributed by atoms with Crippen LogP contribution in [0.1, 0.15) is 26.3 Å². The first kappa shape index (κ1) is 16.5. The summed E-state index contributed by atoms with van der Waals surface area (Å²) < 4.78 is 13.5. The Morgan fingerprint density at radius 1 is 0.957 bits per heavy atom. The van der Waals surface area contributed by atoms with Crippen molar-refractivity contribution in [2.75, 3.05) is 19.0 Å². The molecule has 0 heterocycles. The van der Waals surface area contributed by atoms with Gasteiger partial charge in [0.1, 0.15) is 5.82 Å². The van der Waals surface area contributed by atoms with Crippen molar-refractivity contribution < 1.29 is 14.0 Å². The Bertz CT molecular complexity index is 744. The Morgan fingerprint density at radius 2 is 1.57 bits per heavy atom. The zero-order valence-electron chi connectivity index (χ0n) is 13.2. The molecule has 0 unspecified atom stereocenters. The molecule has 23 heavy (non-hydrogen) atoms. The minimum atomic E-state index is -0.582. The molecule has 120 valence electrons. The Kier molecular flexibility index (Phi) is 4.95. The Morgan fingerprint density at radius 3 is 2.13 bits per heavy atom. The molecule has 0 aliphatic rings. The van der Waals surface area contributed by atoms with Gasteiger partial charge >= 0.3 is 0 Å². The van der Waals surface area contributed by atoms with E-state index >= 15 is 0 Å². The highest BCUT2D eigenvalue weighted by atomic mass is 19.1. The number of anilines is 1. The molecular formula is C17H18FN3O2. The van der Waals surface area contributed by atoms with Crippen LogP contribution < -0.4 is 15.8 Å². The van der Waals surface area contributed by atoms with Gasteiger partial charge in [-0.2, -0.15) is 0 Å². The van der Waals surface area contributed by atoms with E-state index < -0.39 is 17.6 Å². The normalized spacial score (nSPS) is 10.1. The summed E-state index contributed by atoms with van der Waals surface area (Å²) in [6.45, 7) is 1.61. The molecule has 0 radical (unpaired) electrons. The van der Waals surface area contributed by atoms with Gasteiger partial charge in [-0.05, 0) is 42.8 Å². The van der Waals surface area contributed by atoms with Crippen LogP contribution in [0.4, 0.5) is 10.1 Å². The summed E-state index contributed by atoms with van der Waals surface area (Å²) >= 11 is 0. The number of amides is 2. The lowest BCUT2D eigenvalue weighted by atomic mass is 10.1. The molecule has 2 aromatic carbocycles. The second-order valence-corrected chi connectivity index (χ2v) is 5.32. The highest BCUT2D eigenvalue weighted by Gasteiger charge is 2.11. The summed E-state index contributed by atoms with van der Waals surface area (Å²) in [5, 5.41) is 0. The molecule has 0 aromatic heterocycles. The standard InChI is InChI=1S/C17H18FN3O2/c1-11-7-8-13(10-15(11)18)17(23)20-19-16(22)12-5-4-6-14(9-12)21(2)3/h4-10H,1-3H3,(H,19,22)(H,20,23). The lowest BCUT2D eigenvalue weighted by Gasteiger charge is -2.13. The smallest absolute Gasteiger partial charge is 0.269 e. The number of halogens is 1. The van der Waals surface area contributed by atoms with Crippen LogP contribution in [0.25, 0.3) is 0 Å². The third-order valence-electron chi connectivity index (χ3n) is 3.35. The number of hydrogen-bond acceptors (Lipinski definition) is 3. The zero-order valence-corrected chi connectivity index (χ0v) is 13.2. The Labute approximate surface area is 134 Å². The molecular weight excluding hydrogens is 297 g/mol. The predicted molar refractivity (Wildman–Crippen MR) is 86.8 cm³/mol. The van der Waals surface area contributed by atoms with E-state index in [4.69, 9.17) is 0 Å². The molecule has 2 amide bonds. The van der Waals surface area contributed by atoms with Crippen LogP contribution in [0.2, 0.25) is 0 Å².